The van der Waals surface area contributed by atoms with E-state index in [0.29, 0.717) is 0 Å². The van der Waals surface area contributed by atoms with Crippen LogP contribution in [0.3, 0.4) is 0 Å². The Hall–Kier alpha value is -0.600. The molecule has 3 aliphatic rings. The molecule has 17 heavy (non-hydrogen) atoms. The summed E-state index contributed by atoms with van der Waals surface area (Å²) in [6, 6.07) is 0. The number of aliphatic hydroxyl groups excluding tert-OH is 1. The third-order valence-corrected chi connectivity index (χ3v) is 4.91. The summed E-state index contributed by atoms with van der Waals surface area (Å²) in [5.74, 6) is 0.437. The summed E-state index contributed by atoms with van der Waals surface area (Å²) in [7, 11) is 0. The van der Waals surface area contributed by atoms with E-state index in [1.54, 1.807) is 0 Å². The highest BCUT2D eigenvalue weighted by atomic mass is 16.3. The molecule has 4 atom stereocenters. The molecule has 2 N–H and O–H groups in total. The third-order valence-electron chi connectivity index (χ3n) is 4.91. The summed E-state index contributed by atoms with van der Waals surface area (Å²) in [5, 5.41) is 21.2. The van der Waals surface area contributed by atoms with Gasteiger partial charge in [-0.25, -0.2) is 0 Å². The predicted octanol–water partition coefficient (Wildman–Crippen LogP) is 2.56. The Kier molecular flexibility index (Phi) is 2.68. The van der Waals surface area contributed by atoms with Crippen molar-refractivity contribution in [1.82, 2.24) is 0 Å². The Bertz CT molecular complexity index is 382. The van der Waals surface area contributed by atoms with Crippen LogP contribution in [0, 0.1) is 11.8 Å². The molecule has 0 saturated heterocycles. The van der Waals surface area contributed by atoms with E-state index < -0.39 is 5.60 Å². The zero-order valence-corrected chi connectivity index (χ0v) is 10.5. The Morgan fingerprint density at radius 1 is 1.35 bits per heavy atom. The van der Waals surface area contributed by atoms with Crippen molar-refractivity contribution in [2.45, 2.75) is 57.2 Å². The molecule has 3 aliphatic carbocycles. The summed E-state index contributed by atoms with van der Waals surface area (Å²) in [6.07, 6.45) is 9.87. The van der Waals surface area contributed by atoms with Crippen LogP contribution in [0.2, 0.25) is 0 Å². The lowest BCUT2D eigenvalue weighted by atomic mass is 9.61. The van der Waals surface area contributed by atoms with Gasteiger partial charge in [0.15, 0.2) is 0 Å². The molecule has 0 aromatic heterocycles. The molecule has 0 radical (unpaired) electrons. The Morgan fingerprint density at radius 3 is 3.00 bits per heavy atom. The molecule has 2 heteroatoms. The van der Waals surface area contributed by atoms with Gasteiger partial charge in [-0.2, -0.15) is 0 Å². The zero-order chi connectivity index (χ0) is 12.0. The molecule has 3 rings (SSSR count). The minimum Gasteiger partial charge on any atom is -0.392 e. The van der Waals surface area contributed by atoms with Crippen molar-refractivity contribution in [1.29, 1.82) is 0 Å². The van der Waals surface area contributed by atoms with Gasteiger partial charge in [-0.3, -0.25) is 0 Å². The zero-order valence-electron chi connectivity index (χ0n) is 10.5. The lowest BCUT2D eigenvalue weighted by molar-refractivity contribution is -0.0922. The first-order valence-corrected chi connectivity index (χ1v) is 6.88. The van der Waals surface area contributed by atoms with Crippen LogP contribution < -0.4 is 0 Å². The van der Waals surface area contributed by atoms with E-state index in [1.165, 1.54) is 11.1 Å². The number of allylic oxidation sites excluding steroid dienone is 2. The minimum absolute atomic E-state index is 0.178. The molecule has 0 spiro atoms. The van der Waals surface area contributed by atoms with Gasteiger partial charge in [0.25, 0.3) is 0 Å². The maximum absolute atomic E-state index is 10.8. The molecule has 1 fully saturated rings. The lowest BCUT2D eigenvalue weighted by Crippen LogP contribution is -2.50. The molecule has 1 saturated carbocycles. The fourth-order valence-electron chi connectivity index (χ4n) is 4.21. The predicted molar refractivity (Wildman–Crippen MR) is 67.5 cm³/mol. The van der Waals surface area contributed by atoms with Gasteiger partial charge in [0.1, 0.15) is 0 Å². The highest BCUT2D eigenvalue weighted by Gasteiger charge is 2.49. The molecule has 0 aliphatic heterocycles. The van der Waals surface area contributed by atoms with Gasteiger partial charge >= 0.3 is 0 Å². The van der Waals surface area contributed by atoms with Crippen LogP contribution in [0.5, 0.6) is 0 Å². The summed E-state index contributed by atoms with van der Waals surface area (Å²) < 4.78 is 0. The maximum Gasteiger partial charge on any atom is 0.0722 e. The van der Waals surface area contributed by atoms with Crippen molar-refractivity contribution in [3.63, 3.8) is 0 Å². The summed E-state index contributed by atoms with van der Waals surface area (Å²) >= 11 is 0. The van der Waals surface area contributed by atoms with Crippen molar-refractivity contribution in [3.05, 3.63) is 23.3 Å². The molecule has 2 nitrogen and oxygen atoms in total. The van der Waals surface area contributed by atoms with Gasteiger partial charge in [-0.15, -0.1) is 0 Å². The minimum atomic E-state index is -0.547. The molecule has 0 unspecified atom stereocenters. The second kappa shape index (κ2) is 3.96. The highest BCUT2D eigenvalue weighted by Crippen LogP contribution is 2.50. The highest BCUT2D eigenvalue weighted by molar-refractivity contribution is 5.34. The second-order valence-electron chi connectivity index (χ2n) is 6.14. The van der Waals surface area contributed by atoms with Crippen molar-refractivity contribution >= 4 is 0 Å². The number of hydrogen-bond donors (Lipinski definition) is 2. The molecular weight excluding hydrogens is 212 g/mol. The fraction of sp³-hybridized carbons (Fsp3) is 0.733. The SMILES string of the molecule is CC1=CC2=CCC[C@@]3(O)CCC[C@@H]([C@H](O)C1)[C@H]23. The number of hydrogen-bond acceptors (Lipinski definition) is 2. The van der Waals surface area contributed by atoms with Crippen LogP contribution in [-0.2, 0) is 0 Å². The first kappa shape index (κ1) is 11.5. The smallest absolute Gasteiger partial charge is 0.0722 e. The van der Waals surface area contributed by atoms with Crippen LogP contribution in [0.15, 0.2) is 23.3 Å². The van der Waals surface area contributed by atoms with Crippen LogP contribution >= 0.6 is 0 Å². The van der Waals surface area contributed by atoms with Gasteiger partial charge in [-0.05, 0) is 50.5 Å². The fourth-order valence-corrected chi connectivity index (χ4v) is 4.21. The van der Waals surface area contributed by atoms with E-state index in [1.807, 2.05) is 0 Å². The van der Waals surface area contributed by atoms with E-state index in [2.05, 4.69) is 19.1 Å². The molecular formula is C15H22O2. The average molecular weight is 234 g/mol. The molecule has 0 amide bonds. The average Bonchev–Trinajstić information content (AvgIpc) is 2.38. The largest absolute Gasteiger partial charge is 0.392 e. The van der Waals surface area contributed by atoms with Gasteiger partial charge in [0.05, 0.1) is 11.7 Å². The Balaban J connectivity index is 2.06. The van der Waals surface area contributed by atoms with Crippen molar-refractivity contribution in [2.24, 2.45) is 11.8 Å². The van der Waals surface area contributed by atoms with Gasteiger partial charge < -0.3 is 10.2 Å². The van der Waals surface area contributed by atoms with Gasteiger partial charge in [0.2, 0.25) is 0 Å². The molecule has 0 heterocycles. The van der Waals surface area contributed by atoms with Crippen LogP contribution in [-0.4, -0.2) is 21.9 Å². The summed E-state index contributed by atoms with van der Waals surface area (Å²) in [4.78, 5) is 0. The van der Waals surface area contributed by atoms with E-state index in [9.17, 15) is 10.2 Å². The van der Waals surface area contributed by atoms with Gasteiger partial charge in [-0.1, -0.05) is 24.1 Å². The molecule has 94 valence electrons. The first-order chi connectivity index (χ1) is 8.10. The summed E-state index contributed by atoms with van der Waals surface area (Å²) in [5.41, 5.74) is 2.00. The van der Waals surface area contributed by atoms with E-state index in [0.717, 1.165) is 38.5 Å². The number of rotatable bonds is 0. The normalized spacial score (nSPS) is 45.5. The maximum atomic E-state index is 10.8. The Morgan fingerprint density at radius 2 is 2.18 bits per heavy atom. The molecule has 0 aromatic carbocycles. The van der Waals surface area contributed by atoms with Crippen molar-refractivity contribution < 1.29 is 10.2 Å². The number of aliphatic hydroxyl groups is 2. The Labute approximate surface area is 103 Å². The van der Waals surface area contributed by atoms with E-state index >= 15 is 0 Å². The molecule has 0 aromatic rings. The van der Waals surface area contributed by atoms with Crippen LogP contribution in [0.4, 0.5) is 0 Å². The third kappa shape index (κ3) is 1.78. The van der Waals surface area contributed by atoms with Gasteiger partial charge in [0, 0.05) is 5.92 Å². The standard InChI is InChI=1S/C15H22O2/c1-10-8-11-4-2-6-15(17)7-3-5-12(14(11)15)13(16)9-10/h4,8,12-14,16-17H,2-3,5-7,9H2,1H3/t12-,13+,14-,15+/m0/s1. The van der Waals surface area contributed by atoms with Crippen molar-refractivity contribution in [2.75, 3.05) is 0 Å². The molecule has 0 bridgehead atoms. The topological polar surface area (TPSA) is 40.5 Å². The van der Waals surface area contributed by atoms with Crippen LogP contribution in [0.25, 0.3) is 0 Å². The quantitative estimate of drug-likeness (QED) is 0.676. The van der Waals surface area contributed by atoms with Crippen molar-refractivity contribution in [3.8, 4) is 0 Å². The van der Waals surface area contributed by atoms with E-state index in [4.69, 9.17) is 0 Å². The second-order valence-corrected chi connectivity index (χ2v) is 6.14. The summed E-state index contributed by atoms with van der Waals surface area (Å²) in [6.45, 7) is 2.09. The monoisotopic (exact) mass is 234 g/mol. The lowest BCUT2D eigenvalue weighted by Gasteiger charge is -2.48. The van der Waals surface area contributed by atoms with Crippen LogP contribution in [0.1, 0.15) is 45.4 Å². The van der Waals surface area contributed by atoms with E-state index in [-0.39, 0.29) is 17.9 Å². The first-order valence-electron chi connectivity index (χ1n) is 6.88.